The fourth-order valence-corrected chi connectivity index (χ4v) is 1.59. The molecule has 2 nitrogen and oxygen atoms in total. The molecule has 0 bridgehead atoms. The number of thioether (sulfide) groups is 1. The van der Waals surface area contributed by atoms with Crippen molar-refractivity contribution >= 4 is 17.4 Å². The maximum atomic E-state index is 12.9. The number of nitrogen functional groups attached to an aromatic ring is 1. The van der Waals surface area contributed by atoms with E-state index >= 15 is 0 Å². The molecule has 0 spiro atoms. The van der Waals surface area contributed by atoms with Crippen LogP contribution in [-0.2, 0) is 0 Å². The van der Waals surface area contributed by atoms with Crippen molar-refractivity contribution < 1.29 is 4.39 Å². The van der Waals surface area contributed by atoms with E-state index in [4.69, 9.17) is 11.0 Å². The first-order valence-corrected chi connectivity index (χ1v) is 4.62. The van der Waals surface area contributed by atoms with Gasteiger partial charge in [0.1, 0.15) is 5.82 Å². The standard InChI is InChI=1S/C9H9FN2S/c1-6(5-11)13-7-2-3-9(12)8(10)4-7/h2-4,6H,12H2,1H3. The maximum absolute atomic E-state index is 12.9. The summed E-state index contributed by atoms with van der Waals surface area (Å²) in [5, 5.41) is 8.35. The van der Waals surface area contributed by atoms with E-state index in [1.807, 2.05) is 0 Å². The van der Waals surface area contributed by atoms with Gasteiger partial charge in [-0.3, -0.25) is 0 Å². The lowest BCUT2D eigenvalue weighted by Crippen LogP contribution is -1.93. The van der Waals surface area contributed by atoms with Gasteiger partial charge in [0.15, 0.2) is 0 Å². The highest BCUT2D eigenvalue weighted by atomic mass is 32.2. The summed E-state index contributed by atoms with van der Waals surface area (Å²) in [6.45, 7) is 1.76. The molecule has 0 amide bonds. The van der Waals surface area contributed by atoms with Crippen molar-refractivity contribution in [1.29, 1.82) is 5.26 Å². The minimum Gasteiger partial charge on any atom is -0.396 e. The van der Waals surface area contributed by atoms with Crippen molar-refractivity contribution in [3.63, 3.8) is 0 Å². The maximum Gasteiger partial charge on any atom is 0.147 e. The Labute approximate surface area is 80.5 Å². The predicted octanol–water partition coefficient (Wildman–Crippen LogP) is 2.41. The molecule has 4 heteroatoms. The second-order valence-corrected chi connectivity index (χ2v) is 3.99. The Morgan fingerprint density at radius 1 is 1.62 bits per heavy atom. The first-order chi connectivity index (χ1) is 6.13. The van der Waals surface area contributed by atoms with E-state index in [-0.39, 0.29) is 10.9 Å². The van der Waals surface area contributed by atoms with Gasteiger partial charge in [-0.05, 0) is 25.1 Å². The summed E-state index contributed by atoms with van der Waals surface area (Å²) in [6, 6.07) is 6.60. The fraction of sp³-hybridized carbons (Fsp3) is 0.222. The molecule has 1 aromatic rings. The molecular formula is C9H9FN2S. The minimum atomic E-state index is -0.435. The Hall–Kier alpha value is -1.21. The van der Waals surface area contributed by atoms with Crippen LogP contribution in [0.5, 0.6) is 0 Å². The minimum absolute atomic E-state index is 0.133. The average molecular weight is 196 g/mol. The van der Waals surface area contributed by atoms with E-state index in [0.29, 0.717) is 0 Å². The molecule has 0 heterocycles. The molecule has 13 heavy (non-hydrogen) atoms. The van der Waals surface area contributed by atoms with Crippen LogP contribution in [0.3, 0.4) is 0 Å². The Balaban J connectivity index is 2.81. The number of rotatable bonds is 2. The zero-order valence-electron chi connectivity index (χ0n) is 7.12. The molecule has 1 rings (SSSR count). The van der Waals surface area contributed by atoms with Crippen LogP contribution in [0.2, 0.25) is 0 Å². The molecule has 68 valence electrons. The van der Waals surface area contributed by atoms with Crippen LogP contribution in [0.25, 0.3) is 0 Å². The number of hydrogen-bond donors (Lipinski definition) is 1. The number of benzene rings is 1. The lowest BCUT2D eigenvalue weighted by atomic mass is 10.3. The largest absolute Gasteiger partial charge is 0.396 e. The van der Waals surface area contributed by atoms with Crippen molar-refractivity contribution in [2.45, 2.75) is 17.1 Å². The third-order valence-corrected chi connectivity index (χ3v) is 2.45. The van der Waals surface area contributed by atoms with E-state index in [1.165, 1.54) is 23.9 Å². The Kier molecular flexibility index (Phi) is 3.15. The van der Waals surface area contributed by atoms with Crippen LogP contribution < -0.4 is 5.73 Å². The van der Waals surface area contributed by atoms with Gasteiger partial charge in [-0.15, -0.1) is 11.8 Å². The van der Waals surface area contributed by atoms with Gasteiger partial charge in [-0.2, -0.15) is 5.26 Å². The molecule has 0 saturated heterocycles. The Bertz CT molecular complexity index is 346. The van der Waals surface area contributed by atoms with Gasteiger partial charge in [0.2, 0.25) is 0 Å². The number of anilines is 1. The third kappa shape index (κ3) is 2.63. The van der Waals surface area contributed by atoms with E-state index < -0.39 is 5.82 Å². The number of nitriles is 1. The second-order valence-electron chi connectivity index (χ2n) is 2.57. The summed E-state index contributed by atoms with van der Waals surface area (Å²) in [4.78, 5) is 0.723. The molecular weight excluding hydrogens is 187 g/mol. The van der Waals surface area contributed by atoms with Crippen LogP contribution in [0.4, 0.5) is 10.1 Å². The van der Waals surface area contributed by atoms with E-state index in [0.717, 1.165) is 4.90 Å². The molecule has 1 unspecified atom stereocenters. The molecule has 1 atom stereocenters. The monoisotopic (exact) mass is 196 g/mol. The van der Waals surface area contributed by atoms with Crippen molar-refractivity contribution in [2.24, 2.45) is 0 Å². The van der Waals surface area contributed by atoms with E-state index in [2.05, 4.69) is 6.07 Å². The zero-order valence-corrected chi connectivity index (χ0v) is 7.94. The van der Waals surface area contributed by atoms with Gasteiger partial charge >= 0.3 is 0 Å². The van der Waals surface area contributed by atoms with Crippen molar-refractivity contribution in [3.05, 3.63) is 24.0 Å². The number of halogens is 1. The SMILES string of the molecule is CC(C#N)Sc1ccc(N)c(F)c1. The molecule has 1 aromatic carbocycles. The summed E-state index contributed by atoms with van der Waals surface area (Å²) < 4.78 is 12.9. The lowest BCUT2D eigenvalue weighted by Gasteiger charge is -2.03. The number of nitrogens with zero attached hydrogens (tertiary/aromatic N) is 1. The van der Waals surface area contributed by atoms with Crippen molar-refractivity contribution in [3.8, 4) is 6.07 Å². The molecule has 0 aliphatic heterocycles. The zero-order chi connectivity index (χ0) is 9.84. The molecule has 0 radical (unpaired) electrons. The fourth-order valence-electron chi connectivity index (χ4n) is 0.812. The smallest absolute Gasteiger partial charge is 0.147 e. The highest BCUT2D eigenvalue weighted by molar-refractivity contribution is 8.00. The quantitative estimate of drug-likeness (QED) is 0.583. The summed E-state index contributed by atoms with van der Waals surface area (Å²) in [5.74, 6) is -0.435. The topological polar surface area (TPSA) is 49.8 Å². The highest BCUT2D eigenvalue weighted by Crippen LogP contribution is 2.25. The third-order valence-electron chi connectivity index (χ3n) is 1.47. The van der Waals surface area contributed by atoms with Gasteiger partial charge in [0.05, 0.1) is 17.0 Å². The second kappa shape index (κ2) is 4.15. The Morgan fingerprint density at radius 2 is 2.31 bits per heavy atom. The summed E-state index contributed by atoms with van der Waals surface area (Å²) in [7, 11) is 0. The van der Waals surface area contributed by atoms with Crippen molar-refractivity contribution in [2.75, 3.05) is 5.73 Å². The molecule has 0 aliphatic rings. The van der Waals surface area contributed by atoms with Crippen molar-refractivity contribution in [1.82, 2.24) is 0 Å². The van der Waals surface area contributed by atoms with E-state index in [1.54, 1.807) is 13.0 Å². The van der Waals surface area contributed by atoms with Crippen LogP contribution in [-0.4, -0.2) is 5.25 Å². The summed E-state index contributed by atoms with van der Waals surface area (Å²) in [6.07, 6.45) is 0. The van der Waals surface area contributed by atoms with Crippen LogP contribution >= 0.6 is 11.8 Å². The molecule has 0 fully saturated rings. The van der Waals surface area contributed by atoms with E-state index in [9.17, 15) is 4.39 Å². The van der Waals surface area contributed by atoms with Crippen LogP contribution in [0.1, 0.15) is 6.92 Å². The van der Waals surface area contributed by atoms with Gasteiger partial charge in [-0.1, -0.05) is 0 Å². The average Bonchev–Trinajstić information content (AvgIpc) is 2.11. The molecule has 0 aliphatic carbocycles. The van der Waals surface area contributed by atoms with Crippen LogP contribution in [0.15, 0.2) is 23.1 Å². The first kappa shape index (κ1) is 9.87. The van der Waals surface area contributed by atoms with Gasteiger partial charge in [-0.25, -0.2) is 4.39 Å². The predicted molar refractivity (Wildman–Crippen MR) is 51.7 cm³/mol. The summed E-state index contributed by atoms with van der Waals surface area (Å²) in [5.41, 5.74) is 5.44. The highest BCUT2D eigenvalue weighted by Gasteiger charge is 2.04. The number of hydrogen-bond acceptors (Lipinski definition) is 3. The summed E-state index contributed by atoms with van der Waals surface area (Å²) >= 11 is 1.31. The number of nitrogens with two attached hydrogens (primary N) is 1. The van der Waals surface area contributed by atoms with Gasteiger partial charge in [0.25, 0.3) is 0 Å². The molecule has 0 saturated carbocycles. The lowest BCUT2D eigenvalue weighted by molar-refractivity contribution is 0.629. The molecule has 2 N–H and O–H groups in total. The molecule has 0 aromatic heterocycles. The van der Waals surface area contributed by atoms with Crippen LogP contribution in [0, 0.1) is 17.1 Å². The first-order valence-electron chi connectivity index (χ1n) is 3.75. The Morgan fingerprint density at radius 3 is 2.85 bits per heavy atom. The normalized spacial score (nSPS) is 12.1. The van der Waals surface area contributed by atoms with Gasteiger partial charge in [0, 0.05) is 4.90 Å². The van der Waals surface area contributed by atoms with Gasteiger partial charge < -0.3 is 5.73 Å².